The number of fused-ring (bicyclic) bond motifs is 1. The molecule has 7 nitrogen and oxygen atoms in total. The minimum Gasteiger partial charge on any atom is -0.331 e. The van der Waals surface area contributed by atoms with Gasteiger partial charge in [-0.1, -0.05) is 30.7 Å². The van der Waals surface area contributed by atoms with E-state index in [2.05, 4.69) is 30.8 Å². The van der Waals surface area contributed by atoms with Crippen LogP contribution < -0.4 is 10.6 Å². The summed E-state index contributed by atoms with van der Waals surface area (Å²) in [7, 11) is 0. The summed E-state index contributed by atoms with van der Waals surface area (Å²) in [6, 6.07) is 12.6. The van der Waals surface area contributed by atoms with Gasteiger partial charge in [-0.2, -0.15) is 5.10 Å². The molecular formula is C22H21ClN6O. The van der Waals surface area contributed by atoms with E-state index in [1.165, 1.54) is 0 Å². The normalized spacial score (nSPS) is 12.0. The lowest BCUT2D eigenvalue weighted by molar-refractivity contribution is 0.248. The Morgan fingerprint density at radius 2 is 1.97 bits per heavy atom. The van der Waals surface area contributed by atoms with Crippen molar-refractivity contribution < 1.29 is 4.79 Å². The van der Waals surface area contributed by atoms with Gasteiger partial charge in [0.2, 0.25) is 0 Å². The highest BCUT2D eigenvalue weighted by atomic mass is 35.5. The molecule has 0 fully saturated rings. The van der Waals surface area contributed by atoms with Gasteiger partial charge in [0.15, 0.2) is 0 Å². The predicted molar refractivity (Wildman–Crippen MR) is 118 cm³/mol. The number of hydrogen-bond acceptors (Lipinski definition) is 4. The third kappa shape index (κ3) is 4.26. The number of amides is 2. The summed E-state index contributed by atoms with van der Waals surface area (Å²) in [5, 5.41) is 14.7. The molecule has 0 saturated carbocycles. The van der Waals surface area contributed by atoms with E-state index < -0.39 is 0 Å². The number of benzene rings is 1. The number of aryl methyl sites for hydroxylation is 1. The Morgan fingerprint density at radius 3 is 2.70 bits per heavy atom. The van der Waals surface area contributed by atoms with E-state index in [0.717, 1.165) is 39.8 Å². The number of rotatable bonds is 5. The first-order chi connectivity index (χ1) is 14.5. The van der Waals surface area contributed by atoms with Crippen molar-refractivity contribution in [1.29, 1.82) is 0 Å². The zero-order valence-corrected chi connectivity index (χ0v) is 17.4. The highest BCUT2D eigenvalue weighted by molar-refractivity contribution is 6.30. The lowest BCUT2D eigenvalue weighted by Crippen LogP contribution is -2.32. The summed E-state index contributed by atoms with van der Waals surface area (Å²) in [5.74, 6) is 0.437. The quantitative estimate of drug-likeness (QED) is 0.410. The van der Waals surface area contributed by atoms with Crippen molar-refractivity contribution in [1.82, 2.24) is 25.5 Å². The van der Waals surface area contributed by atoms with E-state index >= 15 is 0 Å². The molecule has 0 aliphatic rings. The van der Waals surface area contributed by atoms with Gasteiger partial charge >= 0.3 is 6.03 Å². The van der Waals surface area contributed by atoms with Crippen LogP contribution in [0.2, 0.25) is 5.02 Å². The van der Waals surface area contributed by atoms with Crippen LogP contribution in [0.4, 0.5) is 10.6 Å². The molecule has 0 aliphatic carbocycles. The molecule has 0 aliphatic heterocycles. The van der Waals surface area contributed by atoms with E-state index in [9.17, 15) is 4.79 Å². The van der Waals surface area contributed by atoms with Gasteiger partial charge in [0.1, 0.15) is 11.5 Å². The van der Waals surface area contributed by atoms with Crippen molar-refractivity contribution in [2.45, 2.75) is 26.3 Å². The van der Waals surface area contributed by atoms with Gasteiger partial charge in [-0.15, -0.1) is 0 Å². The molecule has 8 heteroatoms. The zero-order valence-electron chi connectivity index (χ0n) is 16.6. The topological polar surface area (TPSA) is 95.6 Å². The highest BCUT2D eigenvalue weighted by Gasteiger charge is 2.14. The number of urea groups is 1. The van der Waals surface area contributed by atoms with E-state index in [-0.39, 0.29) is 12.1 Å². The molecule has 3 heterocycles. The molecule has 4 aromatic rings. The number of anilines is 1. The molecule has 152 valence electrons. The average Bonchev–Trinajstić information content (AvgIpc) is 3.16. The van der Waals surface area contributed by atoms with Gasteiger partial charge in [-0.05, 0) is 43.2 Å². The molecule has 2 amide bonds. The highest BCUT2D eigenvalue weighted by Crippen LogP contribution is 2.27. The summed E-state index contributed by atoms with van der Waals surface area (Å²) in [5.41, 5.74) is 4.45. The van der Waals surface area contributed by atoms with Crippen molar-refractivity contribution in [3.05, 3.63) is 71.1 Å². The first-order valence-corrected chi connectivity index (χ1v) is 10.0. The second kappa shape index (κ2) is 8.51. The number of halogens is 1. The number of nitrogens with zero attached hydrogens (tertiary/aromatic N) is 3. The Kier molecular flexibility index (Phi) is 5.63. The SMILES string of the molecule is CC[C@H](NC(=O)Nc1cc2[nH]nc(-c3ccnc(C)c3)c2cn1)c1ccc(Cl)cc1. The fourth-order valence-electron chi connectivity index (χ4n) is 3.32. The number of aromatic amines is 1. The number of carbonyl (C=O) groups is 1. The Hall–Kier alpha value is -3.45. The minimum absolute atomic E-state index is 0.125. The molecule has 0 spiro atoms. The van der Waals surface area contributed by atoms with Crippen LogP contribution in [-0.4, -0.2) is 26.2 Å². The minimum atomic E-state index is -0.326. The molecule has 3 N–H and O–H groups in total. The smallest absolute Gasteiger partial charge is 0.320 e. The largest absolute Gasteiger partial charge is 0.331 e. The van der Waals surface area contributed by atoms with Crippen molar-refractivity contribution in [2.24, 2.45) is 0 Å². The molecule has 3 aromatic heterocycles. The molecule has 0 bridgehead atoms. The Labute approximate surface area is 178 Å². The van der Waals surface area contributed by atoms with Crippen molar-refractivity contribution in [3.8, 4) is 11.3 Å². The van der Waals surface area contributed by atoms with Crippen LogP contribution in [0.25, 0.3) is 22.2 Å². The average molecular weight is 421 g/mol. The first-order valence-electron chi connectivity index (χ1n) is 9.63. The standard InChI is InChI=1S/C22H21ClN6O/c1-3-18(14-4-6-16(23)7-5-14)26-22(30)27-20-11-19-17(12-25-20)21(29-28-19)15-8-9-24-13(2)10-15/h4-12,18H,3H2,1-2H3,(H,28,29)(H2,25,26,27,30)/t18-/m0/s1. The number of hydrogen-bond donors (Lipinski definition) is 3. The third-order valence-corrected chi connectivity index (χ3v) is 5.10. The second-order valence-electron chi connectivity index (χ2n) is 6.98. The van der Waals surface area contributed by atoms with Gasteiger partial charge < -0.3 is 5.32 Å². The number of nitrogens with one attached hydrogen (secondary N) is 3. The first kappa shape index (κ1) is 19.8. The lowest BCUT2D eigenvalue weighted by atomic mass is 10.1. The number of pyridine rings is 2. The van der Waals surface area contributed by atoms with E-state index in [4.69, 9.17) is 11.6 Å². The monoisotopic (exact) mass is 420 g/mol. The van der Waals surface area contributed by atoms with E-state index in [1.807, 2.05) is 50.2 Å². The summed E-state index contributed by atoms with van der Waals surface area (Å²) in [6.45, 7) is 3.95. The number of aromatic nitrogens is 4. The van der Waals surface area contributed by atoms with Crippen LogP contribution in [-0.2, 0) is 0 Å². The molecule has 0 saturated heterocycles. The van der Waals surface area contributed by atoms with Gasteiger partial charge in [0, 0.05) is 40.1 Å². The van der Waals surface area contributed by atoms with Crippen LogP contribution in [0.1, 0.15) is 30.6 Å². The second-order valence-corrected chi connectivity index (χ2v) is 7.42. The van der Waals surface area contributed by atoms with Gasteiger partial charge in [0.05, 0.1) is 11.6 Å². The van der Waals surface area contributed by atoms with Gasteiger partial charge in [-0.3, -0.25) is 15.4 Å². The Balaban J connectivity index is 1.50. The van der Waals surface area contributed by atoms with Crippen molar-refractivity contribution in [3.63, 3.8) is 0 Å². The Bertz CT molecular complexity index is 1190. The predicted octanol–water partition coefficient (Wildman–Crippen LogP) is 5.25. The van der Waals surface area contributed by atoms with Crippen LogP contribution in [0.5, 0.6) is 0 Å². The van der Waals surface area contributed by atoms with Crippen LogP contribution in [0, 0.1) is 6.92 Å². The maximum Gasteiger partial charge on any atom is 0.320 e. The molecule has 0 unspecified atom stereocenters. The molecule has 4 rings (SSSR count). The molecule has 1 atom stereocenters. The number of carbonyl (C=O) groups excluding carboxylic acids is 1. The van der Waals surface area contributed by atoms with Crippen LogP contribution >= 0.6 is 11.6 Å². The summed E-state index contributed by atoms with van der Waals surface area (Å²) in [4.78, 5) is 21.1. The molecule has 30 heavy (non-hydrogen) atoms. The fraction of sp³-hybridized carbons (Fsp3) is 0.182. The summed E-state index contributed by atoms with van der Waals surface area (Å²) < 4.78 is 0. The maximum atomic E-state index is 12.5. The molecule has 1 aromatic carbocycles. The van der Waals surface area contributed by atoms with Gasteiger partial charge in [0.25, 0.3) is 0 Å². The molecule has 0 radical (unpaired) electrons. The zero-order chi connectivity index (χ0) is 21.1. The third-order valence-electron chi connectivity index (χ3n) is 4.84. The summed E-state index contributed by atoms with van der Waals surface area (Å²) >= 11 is 5.95. The van der Waals surface area contributed by atoms with Crippen LogP contribution in [0.15, 0.2) is 54.9 Å². The van der Waals surface area contributed by atoms with Crippen molar-refractivity contribution in [2.75, 3.05) is 5.32 Å². The fourth-order valence-corrected chi connectivity index (χ4v) is 3.45. The maximum absolute atomic E-state index is 12.5. The lowest BCUT2D eigenvalue weighted by Gasteiger charge is -2.18. The van der Waals surface area contributed by atoms with Crippen molar-refractivity contribution >= 4 is 34.4 Å². The van der Waals surface area contributed by atoms with Crippen LogP contribution in [0.3, 0.4) is 0 Å². The number of H-pyrrole nitrogens is 1. The van der Waals surface area contributed by atoms with E-state index in [1.54, 1.807) is 18.5 Å². The Morgan fingerprint density at radius 1 is 1.17 bits per heavy atom. The van der Waals surface area contributed by atoms with Gasteiger partial charge in [-0.25, -0.2) is 9.78 Å². The van der Waals surface area contributed by atoms with E-state index in [0.29, 0.717) is 10.8 Å². The molecular weight excluding hydrogens is 400 g/mol. The summed E-state index contributed by atoms with van der Waals surface area (Å²) in [6.07, 6.45) is 4.20.